The van der Waals surface area contributed by atoms with Gasteiger partial charge in [-0.15, -0.1) is 23.1 Å². The number of benzene rings is 1. The number of halogens is 3. The maximum atomic E-state index is 13.4. The molecular formula is C26H20F3N7O12S2. The van der Waals surface area contributed by atoms with Gasteiger partial charge in [0.2, 0.25) is 5.60 Å². The summed E-state index contributed by atoms with van der Waals surface area (Å²) < 4.78 is 42.8. The van der Waals surface area contributed by atoms with Crippen molar-refractivity contribution in [2.75, 3.05) is 11.5 Å². The zero-order valence-corrected chi connectivity index (χ0v) is 26.7. The normalized spacial score (nSPS) is 17.9. The molecule has 1 aromatic carbocycles. The van der Waals surface area contributed by atoms with Crippen molar-refractivity contribution in [2.45, 2.75) is 37.0 Å². The van der Waals surface area contributed by atoms with Crippen LogP contribution in [-0.4, -0.2) is 89.2 Å². The predicted molar refractivity (Wildman–Crippen MR) is 164 cm³/mol. The molecule has 2 aromatic rings. The fourth-order valence-corrected chi connectivity index (χ4v) is 5.96. The monoisotopic (exact) mass is 743 g/mol. The number of esters is 2. The van der Waals surface area contributed by atoms with Crippen LogP contribution in [0.25, 0.3) is 6.08 Å². The lowest BCUT2D eigenvalue weighted by Crippen LogP contribution is -2.71. The SMILES string of the molecule is CC(C)(O/N=C(\C(=O)N[C@@H]1C(=O)N2C(C(=O)OC(=O)C(F)(F)F)=C(C=Cc3ccc([N+](=O)[O-])cc3[N+](=O)[O-])CS[C@H]12)c1csc(N)n1)C(=O)O. The molecule has 1 aromatic heterocycles. The number of amides is 2. The molecule has 0 radical (unpaired) electrons. The Morgan fingerprint density at radius 3 is 2.42 bits per heavy atom. The number of nitrogens with zero attached hydrogens (tertiary/aromatic N) is 5. The fraction of sp³-hybridized carbons (Fsp3) is 0.269. The van der Waals surface area contributed by atoms with Crippen LogP contribution in [0.3, 0.4) is 0 Å². The van der Waals surface area contributed by atoms with E-state index in [0.29, 0.717) is 11.0 Å². The largest absolute Gasteiger partial charge is 0.491 e. The zero-order chi connectivity index (χ0) is 37.3. The molecule has 3 heterocycles. The van der Waals surface area contributed by atoms with Crippen LogP contribution in [0, 0.1) is 20.2 Å². The molecule has 24 heteroatoms. The molecule has 1 fully saturated rings. The van der Waals surface area contributed by atoms with Crippen molar-refractivity contribution in [3.8, 4) is 0 Å². The number of nitrogens with one attached hydrogen (secondary N) is 1. The van der Waals surface area contributed by atoms with Gasteiger partial charge in [-0.05, 0) is 31.6 Å². The highest BCUT2D eigenvalue weighted by Gasteiger charge is 2.55. The van der Waals surface area contributed by atoms with E-state index in [9.17, 15) is 62.5 Å². The molecule has 0 aliphatic carbocycles. The number of hydrogen-bond donors (Lipinski definition) is 3. The molecule has 50 heavy (non-hydrogen) atoms. The highest BCUT2D eigenvalue weighted by atomic mass is 32.2. The van der Waals surface area contributed by atoms with Crippen LogP contribution in [0.4, 0.5) is 29.7 Å². The number of carbonyl (C=O) groups excluding carboxylic acids is 4. The number of allylic oxidation sites excluding steroid dienone is 1. The van der Waals surface area contributed by atoms with E-state index in [1.54, 1.807) is 0 Å². The van der Waals surface area contributed by atoms with Gasteiger partial charge in [0, 0.05) is 17.2 Å². The first-order valence-electron chi connectivity index (χ1n) is 13.4. The first-order valence-corrected chi connectivity index (χ1v) is 15.3. The number of nitrogen functional groups attached to an aromatic ring is 1. The van der Waals surface area contributed by atoms with Crippen molar-refractivity contribution in [1.82, 2.24) is 15.2 Å². The summed E-state index contributed by atoms with van der Waals surface area (Å²) in [6, 6.07) is 1.09. The van der Waals surface area contributed by atoms with Crippen LogP contribution in [0.2, 0.25) is 0 Å². The number of carboxylic acid groups (broad SMARTS) is 1. The number of non-ortho nitro benzene ring substituents is 1. The van der Waals surface area contributed by atoms with Gasteiger partial charge in [0.1, 0.15) is 22.8 Å². The van der Waals surface area contributed by atoms with E-state index < -0.39 is 85.5 Å². The van der Waals surface area contributed by atoms with Crippen LogP contribution < -0.4 is 11.1 Å². The van der Waals surface area contributed by atoms with Crippen LogP contribution in [0.15, 0.2) is 46.1 Å². The Kier molecular flexibility index (Phi) is 10.3. The number of thioether (sulfide) groups is 1. The third kappa shape index (κ3) is 7.70. The van der Waals surface area contributed by atoms with Gasteiger partial charge in [-0.25, -0.2) is 19.4 Å². The first-order chi connectivity index (χ1) is 23.2. The van der Waals surface area contributed by atoms with Crippen molar-refractivity contribution in [3.63, 3.8) is 0 Å². The third-order valence-corrected chi connectivity index (χ3v) is 8.62. The second-order valence-corrected chi connectivity index (χ2v) is 12.4. The number of nitro groups is 2. The van der Waals surface area contributed by atoms with E-state index in [1.165, 1.54) is 5.38 Å². The number of anilines is 1. The van der Waals surface area contributed by atoms with Crippen molar-refractivity contribution in [3.05, 3.63) is 72.4 Å². The van der Waals surface area contributed by atoms with Crippen LogP contribution in [-0.2, 0) is 33.5 Å². The maximum absolute atomic E-state index is 13.4. The number of nitro benzene ring substituents is 2. The number of hydrogen-bond acceptors (Lipinski definition) is 16. The number of oxime groups is 1. The zero-order valence-electron chi connectivity index (χ0n) is 25.0. The molecule has 2 aliphatic rings. The molecule has 4 rings (SSSR count). The smallest absolute Gasteiger partial charge is 0.478 e. The van der Waals surface area contributed by atoms with E-state index >= 15 is 0 Å². The van der Waals surface area contributed by atoms with Gasteiger partial charge in [-0.3, -0.25) is 34.7 Å². The number of nitrogens with two attached hydrogens (primary N) is 1. The van der Waals surface area contributed by atoms with E-state index in [1.807, 2.05) is 0 Å². The molecule has 2 amide bonds. The summed E-state index contributed by atoms with van der Waals surface area (Å²) in [6.45, 7) is 2.25. The number of β-lactam (4-membered cyclic amide) rings is 1. The van der Waals surface area contributed by atoms with Crippen LogP contribution >= 0.6 is 23.1 Å². The lowest BCUT2D eigenvalue weighted by Gasteiger charge is -2.49. The summed E-state index contributed by atoms with van der Waals surface area (Å²) in [5, 5.41) is 37.9. The average molecular weight is 744 g/mol. The Bertz CT molecular complexity index is 1920. The molecule has 1 saturated heterocycles. The minimum Gasteiger partial charge on any atom is -0.478 e. The van der Waals surface area contributed by atoms with Gasteiger partial charge in [0.25, 0.3) is 23.2 Å². The Hall–Kier alpha value is -5.91. The Morgan fingerprint density at radius 1 is 1.18 bits per heavy atom. The minimum absolute atomic E-state index is 0.0203. The molecule has 2 aliphatic heterocycles. The van der Waals surface area contributed by atoms with Crippen LogP contribution in [0.5, 0.6) is 0 Å². The van der Waals surface area contributed by atoms with Gasteiger partial charge >= 0.3 is 24.1 Å². The number of aromatic nitrogens is 1. The fourth-order valence-electron chi connectivity index (χ4n) is 4.09. The number of carboxylic acids is 1. The number of fused-ring (bicyclic) bond motifs is 1. The van der Waals surface area contributed by atoms with Gasteiger partial charge in [-0.1, -0.05) is 11.2 Å². The molecular weight excluding hydrogens is 723 g/mol. The predicted octanol–water partition coefficient (Wildman–Crippen LogP) is 2.13. The van der Waals surface area contributed by atoms with Crippen molar-refractivity contribution in [1.29, 1.82) is 0 Å². The molecule has 0 saturated carbocycles. The molecule has 264 valence electrons. The average Bonchev–Trinajstić information content (AvgIpc) is 3.46. The minimum atomic E-state index is -5.62. The van der Waals surface area contributed by atoms with E-state index in [0.717, 1.165) is 61.2 Å². The summed E-state index contributed by atoms with van der Waals surface area (Å²) in [6.07, 6.45) is -3.61. The second kappa shape index (κ2) is 13.9. The lowest BCUT2D eigenvalue weighted by molar-refractivity contribution is -0.394. The standard InChI is InChI=1S/C26H20F3N7O12S2/c1-25(2,22(40)41)48-33-15(13-9-50-24(30)31-13)18(37)32-16-19(38)34-17(21(39)47-23(42)26(27,28)29)11(8-49-20(16)34)4-3-10-5-6-12(35(43)44)7-14(10)36(45)46/h3-7,9,16,20H,8H2,1-2H3,(H2,30,31)(H,32,37)(H,40,41)/b4-3?,33-15-/t16-,20-/m1/s1. The highest BCUT2D eigenvalue weighted by molar-refractivity contribution is 8.00. The first kappa shape index (κ1) is 36.9. The van der Waals surface area contributed by atoms with Crippen LogP contribution in [0.1, 0.15) is 25.1 Å². The molecule has 4 N–H and O–H groups in total. The third-order valence-electron chi connectivity index (χ3n) is 6.64. The maximum Gasteiger partial charge on any atom is 0.491 e. The summed E-state index contributed by atoms with van der Waals surface area (Å²) in [5.74, 6) is -8.81. The number of thiazole rings is 1. The summed E-state index contributed by atoms with van der Waals surface area (Å²) >= 11 is 1.75. The Morgan fingerprint density at radius 2 is 1.86 bits per heavy atom. The molecule has 0 unspecified atom stereocenters. The number of ether oxygens (including phenoxy) is 1. The quantitative estimate of drug-likeness (QED) is 0.0742. The van der Waals surface area contributed by atoms with E-state index in [4.69, 9.17) is 10.6 Å². The molecule has 2 atom stereocenters. The van der Waals surface area contributed by atoms with Crippen molar-refractivity contribution < 1.29 is 61.7 Å². The molecule has 19 nitrogen and oxygen atoms in total. The van der Waals surface area contributed by atoms with E-state index in [-0.39, 0.29) is 27.7 Å². The van der Waals surface area contributed by atoms with Gasteiger partial charge in [-0.2, -0.15) is 13.2 Å². The molecule has 0 bridgehead atoms. The molecule has 0 spiro atoms. The number of aliphatic carboxylic acids is 1. The van der Waals surface area contributed by atoms with E-state index in [2.05, 4.69) is 20.2 Å². The van der Waals surface area contributed by atoms with Gasteiger partial charge in [0.05, 0.1) is 21.5 Å². The summed E-state index contributed by atoms with van der Waals surface area (Å²) in [7, 11) is 0. The summed E-state index contributed by atoms with van der Waals surface area (Å²) in [4.78, 5) is 92.9. The van der Waals surface area contributed by atoms with Crippen molar-refractivity contribution in [2.24, 2.45) is 5.16 Å². The Balaban J connectivity index is 1.68. The summed E-state index contributed by atoms with van der Waals surface area (Å²) in [5.41, 5.74) is 0.200. The lowest BCUT2D eigenvalue weighted by atomic mass is 10.0. The highest BCUT2D eigenvalue weighted by Crippen LogP contribution is 2.42. The van der Waals surface area contributed by atoms with Gasteiger partial charge in [0.15, 0.2) is 10.8 Å². The number of alkyl halides is 3. The van der Waals surface area contributed by atoms with Gasteiger partial charge < -0.3 is 25.7 Å². The van der Waals surface area contributed by atoms with Crippen molar-refractivity contribution >= 4 is 81.1 Å². The second-order valence-electron chi connectivity index (χ2n) is 10.4. The number of rotatable bonds is 11. The number of carbonyl (C=O) groups is 5. The topological polar surface area (TPSA) is 277 Å². The Labute approximate surface area is 283 Å².